The molecule has 4 atom stereocenters. The Kier molecular flexibility index (Phi) is 11.4. The van der Waals surface area contributed by atoms with Crippen molar-refractivity contribution in [3.63, 3.8) is 0 Å². The molecule has 228 valence electrons. The van der Waals surface area contributed by atoms with Crippen molar-refractivity contribution in [1.29, 1.82) is 0 Å². The molecule has 0 fully saturated rings. The second kappa shape index (κ2) is 14.5. The van der Waals surface area contributed by atoms with Crippen LogP contribution in [0.5, 0.6) is 5.75 Å². The number of hydrogen-bond donors (Lipinski definition) is 2. The molecule has 11 heteroatoms. The van der Waals surface area contributed by atoms with E-state index in [1.165, 1.54) is 0 Å². The molecule has 0 aliphatic carbocycles. The average molecular weight is 574 g/mol. The second-order valence-electron chi connectivity index (χ2n) is 11.4. The van der Waals surface area contributed by atoms with Gasteiger partial charge in [0.1, 0.15) is 17.1 Å². The third-order valence-electron chi connectivity index (χ3n) is 7.62. The summed E-state index contributed by atoms with van der Waals surface area (Å²) in [6.07, 6.45) is 2.11. The lowest BCUT2D eigenvalue weighted by molar-refractivity contribution is -0.0115. The van der Waals surface area contributed by atoms with Crippen molar-refractivity contribution in [2.24, 2.45) is 5.92 Å². The first-order valence-electron chi connectivity index (χ1n) is 14.4. The largest absolute Gasteiger partial charge is 0.490 e. The molecule has 3 amide bonds. The number of likely N-dealkylation sites (N-methyl/N-ethyl adjacent to an activating group) is 1. The van der Waals surface area contributed by atoms with Gasteiger partial charge in [0.05, 0.1) is 30.4 Å². The van der Waals surface area contributed by atoms with Crippen LogP contribution in [0.15, 0.2) is 22.7 Å². The Morgan fingerprint density at radius 2 is 1.95 bits per heavy atom. The molecular formula is C30H47N5O6. The third kappa shape index (κ3) is 8.36. The van der Waals surface area contributed by atoms with E-state index in [1.807, 2.05) is 58.0 Å². The smallest absolute Gasteiger partial charge is 0.321 e. The van der Waals surface area contributed by atoms with Gasteiger partial charge < -0.3 is 39.1 Å². The zero-order chi connectivity index (χ0) is 30.3. The molecule has 41 heavy (non-hydrogen) atoms. The third-order valence-corrected chi connectivity index (χ3v) is 7.62. The number of nitrogens with zero attached hydrogens (tertiary/aromatic N) is 4. The minimum absolute atomic E-state index is 0.0905. The Hall–Kier alpha value is -3.31. The molecule has 1 aliphatic rings. The zero-order valence-electron chi connectivity index (χ0n) is 25.8. The van der Waals surface area contributed by atoms with Crippen LogP contribution in [0.2, 0.25) is 0 Å². The first-order chi connectivity index (χ1) is 19.4. The summed E-state index contributed by atoms with van der Waals surface area (Å²) >= 11 is 0. The van der Waals surface area contributed by atoms with Gasteiger partial charge in [-0.2, -0.15) is 0 Å². The van der Waals surface area contributed by atoms with E-state index in [0.29, 0.717) is 48.2 Å². The van der Waals surface area contributed by atoms with Crippen molar-refractivity contribution in [2.45, 2.75) is 72.1 Å². The zero-order valence-corrected chi connectivity index (χ0v) is 25.8. The van der Waals surface area contributed by atoms with Crippen molar-refractivity contribution in [1.82, 2.24) is 15.0 Å². The maximum Gasteiger partial charge on any atom is 0.321 e. The van der Waals surface area contributed by atoms with Crippen molar-refractivity contribution in [3.05, 3.63) is 35.2 Å². The number of urea groups is 1. The lowest BCUT2D eigenvalue weighted by Gasteiger charge is -2.36. The summed E-state index contributed by atoms with van der Waals surface area (Å²) in [5, 5.41) is 16.9. The normalized spacial score (nSPS) is 21.3. The highest BCUT2D eigenvalue weighted by Crippen LogP contribution is 2.29. The molecule has 0 saturated heterocycles. The van der Waals surface area contributed by atoms with E-state index < -0.39 is 6.04 Å². The molecule has 0 spiro atoms. The van der Waals surface area contributed by atoms with Crippen LogP contribution >= 0.6 is 0 Å². The quantitative estimate of drug-likeness (QED) is 0.524. The molecular weight excluding hydrogens is 526 g/mol. The predicted molar refractivity (Wildman–Crippen MR) is 159 cm³/mol. The SMILES string of the molecule is Cc1noc(C)c1NC(=O)N(C)C[C@@H]1OCCCC[C@H](C)Oc2ccc(N(C)C)cc2C(=O)N([C@H](C)CO)C[C@@H]1C. The number of carbonyl (C=O) groups excluding carboxylic acids is 2. The first kappa shape index (κ1) is 32.2. The minimum atomic E-state index is -0.438. The maximum absolute atomic E-state index is 14.1. The van der Waals surface area contributed by atoms with Crippen LogP contribution in [0.25, 0.3) is 0 Å². The number of rotatable bonds is 6. The summed E-state index contributed by atoms with van der Waals surface area (Å²) in [6.45, 7) is 10.3. The van der Waals surface area contributed by atoms with E-state index in [4.69, 9.17) is 14.0 Å². The number of benzene rings is 1. The number of hydrogen-bond acceptors (Lipinski definition) is 8. The van der Waals surface area contributed by atoms with Crippen LogP contribution in [-0.4, -0.2) is 97.7 Å². The first-order valence-corrected chi connectivity index (χ1v) is 14.4. The van der Waals surface area contributed by atoms with Gasteiger partial charge in [-0.1, -0.05) is 12.1 Å². The lowest BCUT2D eigenvalue weighted by atomic mass is 10.0. The number of aryl methyl sites for hydroxylation is 2. The Bertz CT molecular complexity index is 1150. The summed E-state index contributed by atoms with van der Waals surface area (Å²) in [4.78, 5) is 32.4. The summed E-state index contributed by atoms with van der Waals surface area (Å²) in [7, 11) is 5.57. The van der Waals surface area contributed by atoms with Crippen molar-refractivity contribution in [3.8, 4) is 5.75 Å². The fraction of sp³-hybridized carbons (Fsp3) is 0.633. The van der Waals surface area contributed by atoms with Crippen molar-refractivity contribution < 1.29 is 28.7 Å². The summed E-state index contributed by atoms with van der Waals surface area (Å²) in [6, 6.07) is 4.90. The molecule has 1 aliphatic heterocycles. The van der Waals surface area contributed by atoms with Gasteiger partial charge >= 0.3 is 6.03 Å². The van der Waals surface area contributed by atoms with Crippen LogP contribution < -0.4 is 15.0 Å². The number of aliphatic hydroxyl groups is 1. The molecule has 2 aromatic rings. The number of carbonyl (C=O) groups is 2. The van der Waals surface area contributed by atoms with E-state index in [0.717, 1.165) is 24.9 Å². The topological polar surface area (TPSA) is 121 Å². The standard InChI is InChI=1S/C30H47N5O6/c1-19-16-35(20(2)18-36)29(37)25-15-24(33(6)7)12-13-26(25)40-21(3)11-9-10-14-39-27(19)17-34(8)30(38)31-28-22(4)32-41-23(28)5/h12-13,15,19-21,27,36H,9-11,14,16-18H2,1-8H3,(H,31,38)/t19-,20+,21-,27-/m0/s1. The molecule has 2 heterocycles. The fourth-order valence-electron chi connectivity index (χ4n) is 4.87. The molecule has 3 rings (SSSR count). The fourth-order valence-corrected chi connectivity index (χ4v) is 4.87. The summed E-state index contributed by atoms with van der Waals surface area (Å²) < 4.78 is 17.8. The van der Waals surface area contributed by atoms with Gasteiger partial charge in [0.2, 0.25) is 0 Å². The van der Waals surface area contributed by atoms with Crippen molar-refractivity contribution >= 4 is 23.3 Å². The van der Waals surface area contributed by atoms with Gasteiger partial charge in [0.15, 0.2) is 5.76 Å². The highest BCUT2D eigenvalue weighted by atomic mass is 16.5. The molecule has 0 radical (unpaired) electrons. The van der Waals surface area contributed by atoms with Crippen LogP contribution in [0.4, 0.5) is 16.2 Å². The summed E-state index contributed by atoms with van der Waals surface area (Å²) in [5.74, 6) is 0.710. The van der Waals surface area contributed by atoms with Crippen molar-refractivity contribution in [2.75, 3.05) is 57.7 Å². The lowest BCUT2D eigenvalue weighted by Crippen LogP contribution is -2.48. The number of amides is 3. The van der Waals surface area contributed by atoms with Gasteiger partial charge in [-0.25, -0.2) is 4.79 Å². The van der Waals surface area contributed by atoms with Gasteiger partial charge in [0.25, 0.3) is 5.91 Å². The Balaban J connectivity index is 1.89. The number of aliphatic hydroxyl groups excluding tert-OH is 1. The van der Waals surface area contributed by atoms with E-state index in [9.17, 15) is 14.7 Å². The van der Waals surface area contributed by atoms with E-state index in [1.54, 1.807) is 30.7 Å². The summed E-state index contributed by atoms with van der Waals surface area (Å²) in [5.41, 5.74) is 2.50. The highest BCUT2D eigenvalue weighted by molar-refractivity contribution is 5.98. The van der Waals surface area contributed by atoms with Gasteiger partial charge in [-0.15, -0.1) is 0 Å². The number of ether oxygens (including phenoxy) is 2. The van der Waals surface area contributed by atoms with Crippen LogP contribution in [0, 0.1) is 19.8 Å². The van der Waals surface area contributed by atoms with Crippen LogP contribution in [0.3, 0.4) is 0 Å². The molecule has 1 aromatic carbocycles. The number of aromatic nitrogens is 1. The second-order valence-corrected chi connectivity index (χ2v) is 11.4. The Labute approximate surface area is 243 Å². The Morgan fingerprint density at radius 3 is 2.59 bits per heavy atom. The predicted octanol–water partition coefficient (Wildman–Crippen LogP) is 4.32. The van der Waals surface area contributed by atoms with E-state index >= 15 is 0 Å². The maximum atomic E-state index is 14.1. The average Bonchev–Trinajstić information content (AvgIpc) is 3.25. The highest BCUT2D eigenvalue weighted by Gasteiger charge is 2.31. The number of fused-ring (bicyclic) bond motifs is 1. The molecule has 0 bridgehead atoms. The van der Waals surface area contributed by atoms with E-state index in [-0.39, 0.29) is 36.7 Å². The Morgan fingerprint density at radius 1 is 1.22 bits per heavy atom. The van der Waals surface area contributed by atoms with E-state index in [2.05, 4.69) is 10.5 Å². The minimum Gasteiger partial charge on any atom is -0.490 e. The van der Waals surface area contributed by atoms with Gasteiger partial charge in [0, 0.05) is 52.4 Å². The molecule has 0 saturated carbocycles. The monoisotopic (exact) mass is 573 g/mol. The molecule has 0 unspecified atom stereocenters. The van der Waals surface area contributed by atoms with Gasteiger partial charge in [-0.3, -0.25) is 4.79 Å². The molecule has 1 aromatic heterocycles. The number of anilines is 2. The van der Waals surface area contributed by atoms with Gasteiger partial charge in [-0.05, 0) is 65.2 Å². The molecule has 11 nitrogen and oxygen atoms in total. The molecule has 2 N–H and O–H groups in total. The number of nitrogens with one attached hydrogen (secondary N) is 1. The van der Waals surface area contributed by atoms with Crippen LogP contribution in [-0.2, 0) is 4.74 Å². The van der Waals surface area contributed by atoms with Crippen LogP contribution in [0.1, 0.15) is 61.8 Å².